The molecule has 14 heavy (non-hydrogen) atoms. The van der Waals surface area contributed by atoms with Crippen molar-refractivity contribution in [3.8, 4) is 0 Å². The van der Waals surface area contributed by atoms with E-state index in [2.05, 4.69) is 4.98 Å². The molecule has 4 heteroatoms. The summed E-state index contributed by atoms with van der Waals surface area (Å²) < 4.78 is 1.80. The van der Waals surface area contributed by atoms with Gasteiger partial charge in [0.25, 0.3) is 5.91 Å². The van der Waals surface area contributed by atoms with Crippen LogP contribution in [-0.2, 0) is 7.05 Å². The SMILES string of the molecule is Cc1cnc2c(c1)c(C(N)=O)cn2C. The summed E-state index contributed by atoms with van der Waals surface area (Å²) in [5.74, 6) is -0.414. The Kier molecular flexibility index (Phi) is 1.77. The lowest BCUT2D eigenvalue weighted by molar-refractivity contribution is 0.100. The van der Waals surface area contributed by atoms with Gasteiger partial charge in [0.15, 0.2) is 0 Å². The number of fused-ring (bicyclic) bond motifs is 1. The highest BCUT2D eigenvalue weighted by atomic mass is 16.1. The predicted molar refractivity (Wildman–Crippen MR) is 54.0 cm³/mol. The van der Waals surface area contributed by atoms with Crippen molar-refractivity contribution < 1.29 is 4.79 Å². The van der Waals surface area contributed by atoms with Crippen molar-refractivity contribution in [2.75, 3.05) is 0 Å². The van der Waals surface area contributed by atoms with E-state index in [0.717, 1.165) is 16.6 Å². The first-order chi connectivity index (χ1) is 6.59. The third-order valence-electron chi connectivity index (χ3n) is 2.22. The van der Waals surface area contributed by atoms with Crippen molar-refractivity contribution in [1.29, 1.82) is 0 Å². The molecule has 0 bridgehead atoms. The number of amides is 1. The first kappa shape index (κ1) is 8.74. The Bertz CT molecular complexity index is 513. The molecule has 4 nitrogen and oxygen atoms in total. The Hall–Kier alpha value is -1.84. The minimum Gasteiger partial charge on any atom is -0.366 e. The molecule has 0 aliphatic carbocycles. The molecule has 0 aliphatic rings. The van der Waals surface area contributed by atoms with Gasteiger partial charge in [-0.1, -0.05) is 0 Å². The quantitative estimate of drug-likeness (QED) is 0.726. The Morgan fingerprint density at radius 1 is 1.57 bits per heavy atom. The average Bonchev–Trinajstić information content (AvgIpc) is 2.43. The van der Waals surface area contributed by atoms with Crippen LogP contribution in [0.3, 0.4) is 0 Å². The van der Waals surface area contributed by atoms with Crippen LogP contribution in [0.4, 0.5) is 0 Å². The third-order valence-corrected chi connectivity index (χ3v) is 2.22. The van der Waals surface area contributed by atoms with Crippen molar-refractivity contribution in [2.45, 2.75) is 6.92 Å². The first-order valence-corrected chi connectivity index (χ1v) is 4.31. The third kappa shape index (κ3) is 1.16. The maximum absolute atomic E-state index is 11.1. The highest BCUT2D eigenvalue weighted by molar-refractivity contribution is 6.05. The largest absolute Gasteiger partial charge is 0.366 e. The second-order valence-electron chi connectivity index (χ2n) is 3.40. The van der Waals surface area contributed by atoms with E-state index in [1.807, 2.05) is 20.0 Å². The van der Waals surface area contributed by atoms with Gasteiger partial charge in [-0.3, -0.25) is 4.79 Å². The minimum absolute atomic E-state index is 0.414. The first-order valence-electron chi connectivity index (χ1n) is 4.31. The number of hydrogen-bond acceptors (Lipinski definition) is 2. The number of carbonyl (C=O) groups is 1. The summed E-state index contributed by atoms with van der Waals surface area (Å²) in [5, 5.41) is 0.819. The maximum Gasteiger partial charge on any atom is 0.250 e. The van der Waals surface area contributed by atoms with Gasteiger partial charge in [-0.05, 0) is 18.6 Å². The lowest BCUT2D eigenvalue weighted by Gasteiger charge is -1.95. The second kappa shape index (κ2) is 2.83. The van der Waals surface area contributed by atoms with Crippen molar-refractivity contribution in [1.82, 2.24) is 9.55 Å². The van der Waals surface area contributed by atoms with Crippen LogP contribution in [0.15, 0.2) is 18.5 Å². The topological polar surface area (TPSA) is 60.9 Å². The fraction of sp³-hybridized carbons (Fsp3) is 0.200. The number of rotatable bonds is 1. The van der Waals surface area contributed by atoms with Crippen LogP contribution in [0.1, 0.15) is 15.9 Å². The smallest absolute Gasteiger partial charge is 0.250 e. The van der Waals surface area contributed by atoms with Gasteiger partial charge in [0.05, 0.1) is 5.56 Å². The van der Waals surface area contributed by atoms with Crippen molar-refractivity contribution in [3.63, 3.8) is 0 Å². The number of pyridine rings is 1. The zero-order chi connectivity index (χ0) is 10.3. The normalized spacial score (nSPS) is 10.7. The molecule has 2 N–H and O–H groups in total. The van der Waals surface area contributed by atoms with E-state index >= 15 is 0 Å². The minimum atomic E-state index is -0.414. The van der Waals surface area contributed by atoms with Gasteiger partial charge in [-0.2, -0.15) is 0 Å². The Morgan fingerprint density at radius 3 is 2.93 bits per heavy atom. The summed E-state index contributed by atoms with van der Waals surface area (Å²) in [6.07, 6.45) is 3.48. The van der Waals surface area contributed by atoms with Gasteiger partial charge < -0.3 is 10.3 Å². The summed E-state index contributed by atoms with van der Waals surface area (Å²) in [7, 11) is 1.84. The van der Waals surface area contributed by atoms with Gasteiger partial charge in [-0.15, -0.1) is 0 Å². The fourth-order valence-corrected chi connectivity index (χ4v) is 1.56. The molecule has 0 aromatic carbocycles. The van der Waals surface area contributed by atoms with Crippen molar-refractivity contribution >= 4 is 16.9 Å². The van der Waals surface area contributed by atoms with Crippen LogP contribution >= 0.6 is 0 Å². The lowest BCUT2D eigenvalue weighted by atomic mass is 10.2. The number of nitrogens with zero attached hydrogens (tertiary/aromatic N) is 2. The summed E-state index contributed by atoms with van der Waals surface area (Å²) in [4.78, 5) is 15.4. The molecule has 1 amide bonds. The highest BCUT2D eigenvalue weighted by Gasteiger charge is 2.11. The van der Waals surface area contributed by atoms with E-state index in [-0.39, 0.29) is 0 Å². The maximum atomic E-state index is 11.1. The van der Waals surface area contributed by atoms with Crippen LogP contribution in [0.2, 0.25) is 0 Å². The van der Waals surface area contributed by atoms with Gasteiger partial charge in [0.1, 0.15) is 5.65 Å². The molecule has 0 saturated carbocycles. The van der Waals surface area contributed by atoms with Gasteiger partial charge >= 0.3 is 0 Å². The number of hydrogen-bond donors (Lipinski definition) is 1. The van der Waals surface area contributed by atoms with E-state index in [4.69, 9.17) is 5.73 Å². The molecular weight excluding hydrogens is 178 g/mol. The molecular formula is C10H11N3O. The number of aromatic nitrogens is 2. The second-order valence-corrected chi connectivity index (χ2v) is 3.40. The molecule has 2 aromatic heterocycles. The molecule has 0 saturated heterocycles. The van der Waals surface area contributed by atoms with E-state index in [9.17, 15) is 4.79 Å². The summed E-state index contributed by atoms with van der Waals surface area (Å²) in [6, 6.07) is 1.92. The zero-order valence-corrected chi connectivity index (χ0v) is 8.11. The van der Waals surface area contributed by atoms with Crippen LogP contribution in [0, 0.1) is 6.92 Å². The van der Waals surface area contributed by atoms with Crippen LogP contribution in [0.5, 0.6) is 0 Å². The number of carbonyl (C=O) groups excluding carboxylic acids is 1. The number of aryl methyl sites for hydroxylation is 2. The Morgan fingerprint density at radius 2 is 2.29 bits per heavy atom. The fourth-order valence-electron chi connectivity index (χ4n) is 1.56. The number of primary amides is 1. The van der Waals surface area contributed by atoms with Crippen LogP contribution in [-0.4, -0.2) is 15.5 Å². The van der Waals surface area contributed by atoms with E-state index < -0.39 is 5.91 Å². The molecule has 0 aliphatic heterocycles. The monoisotopic (exact) mass is 189 g/mol. The molecule has 72 valence electrons. The molecule has 0 radical (unpaired) electrons. The molecule has 0 atom stereocenters. The molecule has 2 aromatic rings. The summed E-state index contributed by atoms with van der Waals surface area (Å²) in [5.41, 5.74) is 7.59. The van der Waals surface area contributed by atoms with Gasteiger partial charge in [0, 0.05) is 24.8 Å². The van der Waals surface area contributed by atoms with Gasteiger partial charge in [-0.25, -0.2) is 4.98 Å². The van der Waals surface area contributed by atoms with E-state index in [1.54, 1.807) is 17.0 Å². The average molecular weight is 189 g/mol. The molecule has 0 spiro atoms. The van der Waals surface area contributed by atoms with Crippen molar-refractivity contribution in [2.24, 2.45) is 12.8 Å². The molecule has 0 unspecified atom stereocenters. The molecule has 2 heterocycles. The summed E-state index contributed by atoms with van der Waals surface area (Å²) >= 11 is 0. The number of nitrogens with two attached hydrogens (primary N) is 1. The van der Waals surface area contributed by atoms with E-state index in [1.165, 1.54) is 0 Å². The van der Waals surface area contributed by atoms with Crippen molar-refractivity contribution in [3.05, 3.63) is 29.6 Å². The molecule has 0 fully saturated rings. The van der Waals surface area contributed by atoms with E-state index in [0.29, 0.717) is 5.56 Å². The standard InChI is InChI=1S/C10H11N3O/c1-6-3-7-8(9(11)14)5-13(2)10(7)12-4-6/h3-5H,1-2H3,(H2,11,14). The lowest BCUT2D eigenvalue weighted by Crippen LogP contribution is -2.10. The Balaban J connectivity index is 2.85. The predicted octanol–water partition coefficient (Wildman–Crippen LogP) is 0.981. The van der Waals surface area contributed by atoms with Gasteiger partial charge in [0.2, 0.25) is 0 Å². The summed E-state index contributed by atoms with van der Waals surface area (Å²) in [6.45, 7) is 1.93. The van der Waals surface area contributed by atoms with Crippen LogP contribution < -0.4 is 5.73 Å². The Labute approximate surface area is 81.3 Å². The van der Waals surface area contributed by atoms with Crippen LogP contribution in [0.25, 0.3) is 11.0 Å². The zero-order valence-electron chi connectivity index (χ0n) is 8.11. The highest BCUT2D eigenvalue weighted by Crippen LogP contribution is 2.18. The molecule has 2 rings (SSSR count).